The minimum Gasteiger partial charge on any atom is -0.480 e. The molecule has 0 rings (SSSR count). The van der Waals surface area contributed by atoms with Crippen LogP contribution in [0, 0.1) is 5.92 Å². The maximum absolute atomic E-state index is 12.0. The van der Waals surface area contributed by atoms with Crippen molar-refractivity contribution in [3.63, 3.8) is 0 Å². The van der Waals surface area contributed by atoms with Crippen LogP contribution in [-0.2, 0) is 14.3 Å². The van der Waals surface area contributed by atoms with Crippen LogP contribution in [0.2, 0.25) is 0 Å². The second-order valence-electron chi connectivity index (χ2n) is 5.03. The molecule has 0 radical (unpaired) electrons. The van der Waals surface area contributed by atoms with E-state index in [1.165, 1.54) is 14.2 Å². The van der Waals surface area contributed by atoms with Gasteiger partial charge in [-0.15, -0.1) is 0 Å². The van der Waals surface area contributed by atoms with E-state index in [4.69, 9.17) is 5.11 Å². The number of carbonyl (C=O) groups excluding carboxylic acids is 2. The van der Waals surface area contributed by atoms with Crippen LogP contribution in [0.15, 0.2) is 0 Å². The Labute approximate surface area is 119 Å². The Hall–Kier alpha value is -1.79. The van der Waals surface area contributed by atoms with Crippen LogP contribution < -0.4 is 5.32 Å². The number of methoxy groups -OCH3 is 1. The van der Waals surface area contributed by atoms with Crippen molar-refractivity contribution in [2.24, 2.45) is 5.92 Å². The molecule has 0 aromatic carbocycles. The maximum atomic E-state index is 12.0. The monoisotopic (exact) mass is 288 g/mol. The van der Waals surface area contributed by atoms with Crippen molar-refractivity contribution in [2.45, 2.75) is 45.7 Å². The molecule has 0 aliphatic heterocycles. The Morgan fingerprint density at radius 3 is 2.20 bits per heavy atom. The summed E-state index contributed by atoms with van der Waals surface area (Å²) in [5, 5.41) is 11.5. The predicted octanol–water partition coefficient (Wildman–Crippen LogP) is 1.08. The first-order valence-electron chi connectivity index (χ1n) is 6.58. The number of urea groups is 1. The summed E-state index contributed by atoms with van der Waals surface area (Å²) in [4.78, 5) is 35.7. The molecule has 0 aromatic rings. The number of carbonyl (C=O) groups is 3. The lowest BCUT2D eigenvalue weighted by Crippen LogP contribution is -2.52. The van der Waals surface area contributed by atoms with Gasteiger partial charge in [-0.2, -0.15) is 0 Å². The summed E-state index contributed by atoms with van der Waals surface area (Å²) in [5.41, 5.74) is 0. The molecule has 20 heavy (non-hydrogen) atoms. The number of amides is 2. The van der Waals surface area contributed by atoms with Crippen LogP contribution in [0.3, 0.4) is 0 Å². The number of carboxylic acid groups (broad SMARTS) is 1. The largest absolute Gasteiger partial charge is 0.480 e. The second kappa shape index (κ2) is 8.39. The summed E-state index contributed by atoms with van der Waals surface area (Å²) >= 11 is 0. The molecular formula is C13H24N2O5. The van der Waals surface area contributed by atoms with E-state index >= 15 is 0 Å². The third-order valence-electron chi connectivity index (χ3n) is 2.95. The smallest absolute Gasteiger partial charge is 0.328 e. The van der Waals surface area contributed by atoms with Gasteiger partial charge in [0.2, 0.25) is 0 Å². The summed E-state index contributed by atoms with van der Waals surface area (Å²) in [6, 6.07) is -2.30. The molecule has 2 amide bonds. The van der Waals surface area contributed by atoms with Crippen molar-refractivity contribution < 1.29 is 24.2 Å². The molecule has 2 atom stereocenters. The topological polar surface area (TPSA) is 95.9 Å². The molecule has 0 heterocycles. The van der Waals surface area contributed by atoms with Crippen molar-refractivity contribution in [1.29, 1.82) is 0 Å². The van der Waals surface area contributed by atoms with E-state index in [2.05, 4.69) is 10.1 Å². The molecule has 0 aromatic heterocycles. The molecule has 0 saturated carbocycles. The molecule has 116 valence electrons. The third-order valence-corrected chi connectivity index (χ3v) is 2.95. The summed E-state index contributed by atoms with van der Waals surface area (Å²) in [6.07, 6.45) is 0.711. The first kappa shape index (κ1) is 18.2. The van der Waals surface area contributed by atoms with E-state index in [1.54, 1.807) is 6.92 Å². The molecule has 0 spiro atoms. The number of carboxylic acids is 1. The number of hydrogen-bond donors (Lipinski definition) is 2. The predicted molar refractivity (Wildman–Crippen MR) is 73.3 cm³/mol. The van der Waals surface area contributed by atoms with Gasteiger partial charge in [0, 0.05) is 7.05 Å². The normalized spacial score (nSPS) is 13.5. The molecular weight excluding hydrogens is 264 g/mol. The van der Waals surface area contributed by atoms with Gasteiger partial charge < -0.3 is 20.1 Å². The van der Waals surface area contributed by atoms with Crippen LogP contribution in [-0.4, -0.2) is 54.2 Å². The lowest BCUT2D eigenvalue weighted by molar-refractivity contribution is -0.143. The Morgan fingerprint density at radius 1 is 1.30 bits per heavy atom. The molecule has 2 unspecified atom stereocenters. The zero-order valence-electron chi connectivity index (χ0n) is 12.7. The quantitative estimate of drug-likeness (QED) is 0.683. The van der Waals surface area contributed by atoms with Crippen molar-refractivity contribution in [1.82, 2.24) is 10.2 Å². The molecule has 7 nitrogen and oxygen atoms in total. The number of nitrogens with one attached hydrogen (secondary N) is 1. The zero-order chi connectivity index (χ0) is 15.9. The van der Waals surface area contributed by atoms with Crippen LogP contribution in [0.4, 0.5) is 4.79 Å². The average molecular weight is 288 g/mol. The van der Waals surface area contributed by atoms with Gasteiger partial charge in [0.05, 0.1) is 7.11 Å². The summed E-state index contributed by atoms with van der Waals surface area (Å²) < 4.78 is 4.64. The fraction of sp³-hybridized carbons (Fsp3) is 0.769. The van der Waals surface area contributed by atoms with Gasteiger partial charge in [-0.3, -0.25) is 0 Å². The number of aliphatic carboxylic acids is 1. The second-order valence-corrected chi connectivity index (χ2v) is 5.03. The van der Waals surface area contributed by atoms with E-state index in [9.17, 15) is 14.4 Å². The fourth-order valence-electron chi connectivity index (χ4n) is 1.83. The van der Waals surface area contributed by atoms with Gasteiger partial charge in [-0.05, 0) is 18.8 Å². The highest BCUT2D eigenvalue weighted by Gasteiger charge is 2.29. The summed E-state index contributed by atoms with van der Waals surface area (Å²) in [5.74, 6) is -1.43. The number of rotatable bonds is 7. The minimum atomic E-state index is -1.08. The van der Waals surface area contributed by atoms with E-state index in [0.29, 0.717) is 6.42 Å². The van der Waals surface area contributed by atoms with Gasteiger partial charge in [-0.1, -0.05) is 20.8 Å². The van der Waals surface area contributed by atoms with Gasteiger partial charge >= 0.3 is 18.0 Å². The molecule has 0 aliphatic rings. The molecule has 2 N–H and O–H groups in total. The number of nitrogens with zero attached hydrogens (tertiary/aromatic N) is 1. The fourth-order valence-corrected chi connectivity index (χ4v) is 1.83. The van der Waals surface area contributed by atoms with Crippen LogP contribution in [0.5, 0.6) is 0 Å². The summed E-state index contributed by atoms with van der Waals surface area (Å²) in [7, 11) is 2.64. The van der Waals surface area contributed by atoms with Crippen LogP contribution in [0.1, 0.15) is 33.6 Å². The van der Waals surface area contributed by atoms with Gasteiger partial charge in [-0.25, -0.2) is 14.4 Å². The van der Waals surface area contributed by atoms with Gasteiger partial charge in [0.1, 0.15) is 12.1 Å². The summed E-state index contributed by atoms with van der Waals surface area (Å²) in [6.45, 7) is 5.50. The molecule has 0 saturated heterocycles. The number of ether oxygens (including phenoxy) is 1. The number of hydrogen-bond acceptors (Lipinski definition) is 4. The van der Waals surface area contributed by atoms with Crippen molar-refractivity contribution in [2.75, 3.05) is 14.2 Å². The van der Waals surface area contributed by atoms with Crippen molar-refractivity contribution in [3.05, 3.63) is 0 Å². The van der Waals surface area contributed by atoms with Gasteiger partial charge in [0.25, 0.3) is 0 Å². The highest BCUT2D eigenvalue weighted by molar-refractivity contribution is 5.86. The van der Waals surface area contributed by atoms with Crippen molar-refractivity contribution in [3.8, 4) is 0 Å². The SMILES string of the molecule is CCC(C(=O)O)N(C)C(=O)NC(CC(C)C)C(=O)OC. The molecule has 0 aliphatic carbocycles. The Balaban J connectivity index is 4.82. The molecule has 7 heteroatoms. The number of likely N-dealkylation sites (N-methyl/N-ethyl adjacent to an activating group) is 1. The van der Waals surface area contributed by atoms with E-state index in [1.807, 2.05) is 13.8 Å². The average Bonchev–Trinajstić information content (AvgIpc) is 2.36. The zero-order valence-corrected chi connectivity index (χ0v) is 12.7. The minimum absolute atomic E-state index is 0.186. The highest BCUT2D eigenvalue weighted by atomic mass is 16.5. The molecule has 0 fully saturated rings. The number of esters is 1. The van der Waals surface area contributed by atoms with E-state index in [-0.39, 0.29) is 12.3 Å². The Kier molecular flexibility index (Phi) is 7.64. The standard InChI is InChI=1S/C13H24N2O5/c1-6-10(11(16)17)15(4)13(19)14-9(7-8(2)3)12(18)20-5/h8-10H,6-7H2,1-5H3,(H,14,19)(H,16,17). The van der Waals surface area contributed by atoms with E-state index < -0.39 is 30.1 Å². The van der Waals surface area contributed by atoms with Crippen LogP contribution >= 0.6 is 0 Å². The Morgan fingerprint density at radius 2 is 1.85 bits per heavy atom. The highest BCUT2D eigenvalue weighted by Crippen LogP contribution is 2.08. The lowest BCUT2D eigenvalue weighted by Gasteiger charge is -2.26. The first-order valence-corrected chi connectivity index (χ1v) is 6.58. The van der Waals surface area contributed by atoms with Gasteiger partial charge in [0.15, 0.2) is 0 Å². The third kappa shape index (κ3) is 5.46. The Bertz CT molecular complexity index is 357. The lowest BCUT2D eigenvalue weighted by atomic mass is 10.0. The molecule has 0 bridgehead atoms. The van der Waals surface area contributed by atoms with Crippen LogP contribution in [0.25, 0.3) is 0 Å². The first-order chi connectivity index (χ1) is 9.24. The van der Waals surface area contributed by atoms with Crippen molar-refractivity contribution >= 4 is 18.0 Å². The van der Waals surface area contributed by atoms with E-state index in [0.717, 1.165) is 4.90 Å². The maximum Gasteiger partial charge on any atom is 0.328 e.